The van der Waals surface area contributed by atoms with Crippen LogP contribution in [-0.4, -0.2) is 27.7 Å². The summed E-state index contributed by atoms with van der Waals surface area (Å²) in [6, 6.07) is 4.28. The van der Waals surface area contributed by atoms with Crippen molar-refractivity contribution in [1.29, 1.82) is 0 Å². The van der Waals surface area contributed by atoms with Crippen LogP contribution in [0.2, 0.25) is 0 Å². The number of hydrogen-bond donors (Lipinski definition) is 1. The van der Waals surface area contributed by atoms with Gasteiger partial charge in [-0.1, -0.05) is 12.1 Å². The number of aryl methyl sites for hydroxylation is 1. The molecule has 0 aliphatic heterocycles. The van der Waals surface area contributed by atoms with Crippen LogP contribution in [0.4, 0.5) is 17.6 Å². The number of nitrogens with one attached hydrogen (secondary N) is 1. The SMILES string of the molecule is Cc1cccc(OC(F)(F)C(F)F)c1Sc1ncn[nH]1. The lowest BCUT2D eigenvalue weighted by molar-refractivity contribution is -0.254. The molecule has 2 aromatic rings. The molecule has 0 saturated heterocycles. The number of nitrogens with zero attached hydrogens (tertiary/aromatic N) is 2. The Balaban J connectivity index is 2.31. The normalized spacial score (nSPS) is 11.9. The number of aromatic nitrogens is 3. The Bertz CT molecular complexity index is 577. The first-order valence-electron chi connectivity index (χ1n) is 5.38. The van der Waals surface area contributed by atoms with Crippen molar-refractivity contribution < 1.29 is 22.3 Å². The molecule has 1 aromatic carbocycles. The minimum absolute atomic E-state index is 0.268. The van der Waals surface area contributed by atoms with Gasteiger partial charge in [0, 0.05) is 0 Å². The van der Waals surface area contributed by atoms with Crippen molar-refractivity contribution in [2.24, 2.45) is 0 Å². The maximum absolute atomic E-state index is 13.0. The lowest BCUT2D eigenvalue weighted by atomic mass is 10.2. The standard InChI is InChI=1S/C11H9F4N3OS/c1-6-3-2-4-7(19-11(14,15)9(12)13)8(6)20-10-16-5-17-18-10/h2-5,9H,1H3,(H,16,17,18). The third-order valence-electron chi connectivity index (χ3n) is 2.27. The highest BCUT2D eigenvalue weighted by molar-refractivity contribution is 7.99. The molecule has 9 heteroatoms. The average Bonchev–Trinajstić information content (AvgIpc) is 2.86. The summed E-state index contributed by atoms with van der Waals surface area (Å²) in [5, 5.41) is 6.49. The Hall–Kier alpha value is -1.77. The Morgan fingerprint density at radius 2 is 2.10 bits per heavy atom. The number of hydrogen-bond acceptors (Lipinski definition) is 4. The lowest BCUT2D eigenvalue weighted by Gasteiger charge is -2.19. The van der Waals surface area contributed by atoms with Crippen molar-refractivity contribution in [3.05, 3.63) is 30.1 Å². The fourth-order valence-electron chi connectivity index (χ4n) is 1.37. The van der Waals surface area contributed by atoms with Gasteiger partial charge in [0.05, 0.1) is 4.90 Å². The molecule has 2 rings (SSSR count). The van der Waals surface area contributed by atoms with E-state index in [1.807, 2.05) is 0 Å². The number of H-pyrrole nitrogens is 1. The van der Waals surface area contributed by atoms with Gasteiger partial charge in [0.15, 0.2) is 5.16 Å². The number of alkyl halides is 4. The first-order valence-corrected chi connectivity index (χ1v) is 6.19. The summed E-state index contributed by atoms with van der Waals surface area (Å²) in [5.41, 5.74) is 0.592. The smallest absolute Gasteiger partial charge is 0.427 e. The molecule has 0 saturated carbocycles. The van der Waals surface area contributed by atoms with E-state index in [0.717, 1.165) is 11.8 Å². The second kappa shape index (κ2) is 5.70. The number of aromatic amines is 1. The predicted molar refractivity (Wildman–Crippen MR) is 63.3 cm³/mol. The minimum atomic E-state index is -4.55. The van der Waals surface area contributed by atoms with Crippen LogP contribution in [0.1, 0.15) is 5.56 Å². The van der Waals surface area contributed by atoms with Gasteiger partial charge in [-0.05, 0) is 30.3 Å². The highest BCUT2D eigenvalue weighted by Gasteiger charge is 2.44. The van der Waals surface area contributed by atoms with Gasteiger partial charge in [0.25, 0.3) is 0 Å². The Morgan fingerprint density at radius 3 is 2.70 bits per heavy atom. The summed E-state index contributed by atoms with van der Waals surface area (Å²) in [6.45, 7) is 1.64. The molecule has 0 aliphatic carbocycles. The van der Waals surface area contributed by atoms with E-state index in [0.29, 0.717) is 10.7 Å². The van der Waals surface area contributed by atoms with Crippen molar-refractivity contribution in [3.8, 4) is 5.75 Å². The fraction of sp³-hybridized carbons (Fsp3) is 0.273. The van der Waals surface area contributed by atoms with Crippen LogP contribution in [0.5, 0.6) is 5.75 Å². The quantitative estimate of drug-likeness (QED) is 0.859. The summed E-state index contributed by atoms with van der Waals surface area (Å²) in [5.74, 6) is -0.336. The molecule has 0 unspecified atom stereocenters. The van der Waals surface area contributed by atoms with Crippen molar-refractivity contribution in [2.75, 3.05) is 0 Å². The van der Waals surface area contributed by atoms with Gasteiger partial charge in [-0.15, -0.1) is 0 Å². The number of ether oxygens (including phenoxy) is 1. The van der Waals surface area contributed by atoms with Gasteiger partial charge in [-0.2, -0.15) is 22.7 Å². The van der Waals surface area contributed by atoms with E-state index >= 15 is 0 Å². The summed E-state index contributed by atoms with van der Waals surface area (Å²) in [6.07, 6.45) is -7.22. The zero-order valence-corrected chi connectivity index (χ0v) is 10.9. The van der Waals surface area contributed by atoms with Crippen LogP contribution in [0.25, 0.3) is 0 Å². The second-order valence-electron chi connectivity index (χ2n) is 3.76. The van der Waals surface area contributed by atoms with E-state index in [1.165, 1.54) is 18.5 Å². The molecular formula is C11H9F4N3OS. The Morgan fingerprint density at radius 1 is 1.35 bits per heavy atom. The zero-order chi connectivity index (χ0) is 14.8. The average molecular weight is 307 g/mol. The van der Waals surface area contributed by atoms with Gasteiger partial charge in [-0.25, -0.2) is 4.98 Å². The van der Waals surface area contributed by atoms with Gasteiger partial charge in [0.2, 0.25) is 0 Å². The topological polar surface area (TPSA) is 50.8 Å². The maximum atomic E-state index is 13.0. The Labute approximate surface area is 115 Å². The summed E-state index contributed by atoms with van der Waals surface area (Å²) >= 11 is 0.968. The molecule has 0 spiro atoms. The van der Waals surface area contributed by atoms with Gasteiger partial charge in [0.1, 0.15) is 12.1 Å². The third kappa shape index (κ3) is 3.21. The summed E-state index contributed by atoms with van der Waals surface area (Å²) < 4.78 is 54.6. The second-order valence-corrected chi connectivity index (χ2v) is 4.76. The minimum Gasteiger partial charge on any atom is -0.427 e. The molecule has 0 fully saturated rings. The van der Waals surface area contributed by atoms with Crippen molar-refractivity contribution in [2.45, 2.75) is 29.5 Å². The largest absolute Gasteiger partial charge is 0.461 e. The van der Waals surface area contributed by atoms with Crippen LogP contribution in [0, 0.1) is 6.92 Å². The van der Waals surface area contributed by atoms with Crippen LogP contribution >= 0.6 is 11.8 Å². The molecule has 0 radical (unpaired) electrons. The van der Waals surface area contributed by atoms with Crippen LogP contribution in [0.15, 0.2) is 34.6 Å². The van der Waals surface area contributed by atoms with Gasteiger partial charge in [-0.3, -0.25) is 5.10 Å². The summed E-state index contributed by atoms with van der Waals surface area (Å²) in [4.78, 5) is 4.10. The first-order chi connectivity index (χ1) is 9.40. The first kappa shape index (κ1) is 14.6. The molecule has 108 valence electrons. The molecule has 1 N–H and O–H groups in total. The van der Waals surface area contributed by atoms with Gasteiger partial charge < -0.3 is 4.74 Å². The van der Waals surface area contributed by atoms with Crippen molar-refractivity contribution >= 4 is 11.8 Å². The van der Waals surface area contributed by atoms with E-state index in [4.69, 9.17) is 0 Å². The molecule has 20 heavy (non-hydrogen) atoms. The van der Waals surface area contributed by atoms with E-state index in [1.54, 1.807) is 13.0 Å². The van der Waals surface area contributed by atoms with Crippen LogP contribution < -0.4 is 4.74 Å². The molecule has 0 atom stereocenters. The molecule has 1 heterocycles. The van der Waals surface area contributed by atoms with E-state index < -0.39 is 12.5 Å². The summed E-state index contributed by atoms with van der Waals surface area (Å²) in [7, 11) is 0. The maximum Gasteiger partial charge on any atom is 0.461 e. The van der Waals surface area contributed by atoms with Gasteiger partial charge >= 0.3 is 12.5 Å². The van der Waals surface area contributed by atoms with Crippen LogP contribution in [0.3, 0.4) is 0 Å². The highest BCUT2D eigenvalue weighted by Crippen LogP contribution is 2.39. The third-order valence-corrected chi connectivity index (χ3v) is 3.38. The molecule has 0 bridgehead atoms. The molecule has 0 aliphatic rings. The predicted octanol–water partition coefficient (Wildman–Crippen LogP) is 3.50. The number of benzene rings is 1. The zero-order valence-electron chi connectivity index (χ0n) is 10.1. The van der Waals surface area contributed by atoms with Crippen molar-refractivity contribution in [1.82, 2.24) is 15.2 Å². The monoisotopic (exact) mass is 307 g/mol. The molecular weight excluding hydrogens is 298 g/mol. The van der Waals surface area contributed by atoms with Crippen LogP contribution in [-0.2, 0) is 0 Å². The van der Waals surface area contributed by atoms with E-state index in [9.17, 15) is 17.6 Å². The fourth-order valence-corrected chi connectivity index (χ4v) is 2.20. The van der Waals surface area contributed by atoms with E-state index in [2.05, 4.69) is 19.9 Å². The number of rotatable bonds is 5. The molecule has 4 nitrogen and oxygen atoms in total. The Kier molecular flexibility index (Phi) is 4.17. The molecule has 0 amide bonds. The highest BCUT2D eigenvalue weighted by atomic mass is 32.2. The lowest BCUT2D eigenvalue weighted by Crippen LogP contribution is -2.33. The molecule has 1 aromatic heterocycles. The number of halogens is 4. The van der Waals surface area contributed by atoms with E-state index in [-0.39, 0.29) is 10.6 Å². The van der Waals surface area contributed by atoms with Crippen molar-refractivity contribution in [3.63, 3.8) is 0 Å².